The second-order valence-electron chi connectivity index (χ2n) is 4.59. The molecule has 1 aliphatic rings. The number of nitrogens with one attached hydrogen (secondary N) is 1. The first-order chi connectivity index (χ1) is 8.34. The topological polar surface area (TPSA) is 12.0 Å². The Morgan fingerprint density at radius 3 is 2.82 bits per heavy atom. The van der Waals surface area contributed by atoms with Gasteiger partial charge in [0.2, 0.25) is 0 Å². The highest BCUT2D eigenvalue weighted by Crippen LogP contribution is 2.19. The third-order valence-corrected chi connectivity index (χ3v) is 4.20. The van der Waals surface area contributed by atoms with E-state index >= 15 is 0 Å². The van der Waals surface area contributed by atoms with Crippen LogP contribution in [0.15, 0.2) is 29.2 Å². The second kappa shape index (κ2) is 7.02. The Bertz CT molecular complexity index is 337. The molecule has 0 unspecified atom stereocenters. The number of hydrogen-bond acceptors (Lipinski definition) is 2. The van der Waals surface area contributed by atoms with Crippen LogP contribution in [0.3, 0.4) is 0 Å². The standard InChI is InChI=1S/C14H20FNS/c15-12-5-4-8-14(11-12)17-10-9-16-13-6-2-1-3-7-13/h4-5,8,11,13,16H,1-3,6-7,9-10H2. The molecule has 94 valence electrons. The quantitative estimate of drug-likeness (QED) is 0.632. The van der Waals surface area contributed by atoms with Gasteiger partial charge in [-0.3, -0.25) is 0 Å². The van der Waals surface area contributed by atoms with Crippen LogP contribution in [0, 0.1) is 5.82 Å². The zero-order valence-electron chi connectivity index (χ0n) is 10.1. The summed E-state index contributed by atoms with van der Waals surface area (Å²) in [6.07, 6.45) is 6.79. The molecule has 17 heavy (non-hydrogen) atoms. The van der Waals surface area contributed by atoms with Crippen LogP contribution in [-0.4, -0.2) is 18.3 Å². The molecule has 0 aromatic heterocycles. The lowest BCUT2D eigenvalue weighted by Gasteiger charge is -2.22. The Labute approximate surface area is 107 Å². The maximum atomic E-state index is 12.9. The van der Waals surface area contributed by atoms with Crippen molar-refractivity contribution in [2.45, 2.75) is 43.0 Å². The number of rotatable bonds is 5. The number of halogens is 1. The fraction of sp³-hybridized carbons (Fsp3) is 0.571. The van der Waals surface area contributed by atoms with Crippen molar-refractivity contribution < 1.29 is 4.39 Å². The minimum atomic E-state index is -0.143. The van der Waals surface area contributed by atoms with Crippen molar-refractivity contribution >= 4 is 11.8 Å². The van der Waals surface area contributed by atoms with Crippen molar-refractivity contribution in [3.8, 4) is 0 Å². The van der Waals surface area contributed by atoms with E-state index < -0.39 is 0 Å². The smallest absolute Gasteiger partial charge is 0.124 e. The lowest BCUT2D eigenvalue weighted by molar-refractivity contribution is 0.381. The summed E-state index contributed by atoms with van der Waals surface area (Å²) >= 11 is 1.72. The molecule has 0 heterocycles. The second-order valence-corrected chi connectivity index (χ2v) is 5.76. The molecule has 1 saturated carbocycles. The maximum Gasteiger partial charge on any atom is 0.124 e. The lowest BCUT2D eigenvalue weighted by atomic mass is 9.96. The third-order valence-electron chi connectivity index (χ3n) is 3.21. The van der Waals surface area contributed by atoms with E-state index in [2.05, 4.69) is 5.32 Å². The molecule has 0 radical (unpaired) electrons. The van der Waals surface area contributed by atoms with Crippen molar-refractivity contribution in [2.75, 3.05) is 12.3 Å². The molecular weight excluding hydrogens is 233 g/mol. The predicted octanol–water partition coefficient (Wildman–Crippen LogP) is 3.84. The Balaban J connectivity index is 1.62. The van der Waals surface area contributed by atoms with E-state index in [0.717, 1.165) is 23.2 Å². The minimum absolute atomic E-state index is 0.143. The van der Waals surface area contributed by atoms with Crippen molar-refractivity contribution in [3.63, 3.8) is 0 Å². The molecular formula is C14H20FNS. The van der Waals surface area contributed by atoms with Gasteiger partial charge in [0.15, 0.2) is 0 Å². The fourth-order valence-electron chi connectivity index (χ4n) is 2.30. The summed E-state index contributed by atoms with van der Waals surface area (Å²) in [5.74, 6) is 0.871. The molecule has 1 aromatic carbocycles. The van der Waals surface area contributed by atoms with Crippen LogP contribution in [-0.2, 0) is 0 Å². The van der Waals surface area contributed by atoms with Crippen LogP contribution in [0.1, 0.15) is 32.1 Å². The Morgan fingerprint density at radius 1 is 1.24 bits per heavy atom. The Kier molecular flexibility index (Phi) is 5.33. The van der Waals surface area contributed by atoms with Crippen LogP contribution in [0.5, 0.6) is 0 Å². The Hall–Kier alpha value is -0.540. The first-order valence-corrected chi connectivity index (χ1v) is 7.45. The summed E-state index contributed by atoms with van der Waals surface area (Å²) in [5, 5.41) is 3.59. The number of hydrogen-bond donors (Lipinski definition) is 1. The highest BCUT2D eigenvalue weighted by Gasteiger charge is 2.11. The first kappa shape index (κ1) is 12.9. The Morgan fingerprint density at radius 2 is 2.06 bits per heavy atom. The van der Waals surface area contributed by atoms with E-state index in [-0.39, 0.29) is 5.82 Å². The molecule has 1 aliphatic carbocycles. The molecule has 0 aliphatic heterocycles. The maximum absolute atomic E-state index is 12.9. The van der Waals surface area contributed by atoms with Crippen LogP contribution in [0.25, 0.3) is 0 Å². The van der Waals surface area contributed by atoms with Crippen LogP contribution >= 0.6 is 11.8 Å². The normalized spacial score (nSPS) is 17.2. The fourth-order valence-corrected chi connectivity index (χ4v) is 3.12. The van der Waals surface area contributed by atoms with Gasteiger partial charge >= 0.3 is 0 Å². The molecule has 3 heteroatoms. The van der Waals surface area contributed by atoms with E-state index in [1.54, 1.807) is 23.9 Å². The zero-order chi connectivity index (χ0) is 11.9. The minimum Gasteiger partial charge on any atom is -0.313 e. The van der Waals surface area contributed by atoms with E-state index in [4.69, 9.17) is 0 Å². The third kappa shape index (κ3) is 4.68. The first-order valence-electron chi connectivity index (χ1n) is 6.46. The van der Waals surface area contributed by atoms with Crippen LogP contribution in [0.2, 0.25) is 0 Å². The summed E-state index contributed by atoms with van der Waals surface area (Å²) < 4.78 is 12.9. The monoisotopic (exact) mass is 253 g/mol. The summed E-state index contributed by atoms with van der Waals surface area (Å²) in [7, 11) is 0. The highest BCUT2D eigenvalue weighted by molar-refractivity contribution is 7.99. The molecule has 0 amide bonds. The van der Waals surface area contributed by atoms with Gasteiger partial charge < -0.3 is 5.32 Å². The van der Waals surface area contributed by atoms with Crippen molar-refractivity contribution in [1.29, 1.82) is 0 Å². The van der Waals surface area contributed by atoms with Gasteiger partial charge in [0, 0.05) is 23.2 Å². The summed E-state index contributed by atoms with van der Waals surface area (Å²) in [6, 6.07) is 7.55. The highest BCUT2D eigenvalue weighted by atomic mass is 32.2. The van der Waals surface area contributed by atoms with Gasteiger partial charge in [-0.1, -0.05) is 25.3 Å². The molecule has 1 nitrogen and oxygen atoms in total. The SMILES string of the molecule is Fc1cccc(SCCNC2CCCCC2)c1. The average molecular weight is 253 g/mol. The van der Waals surface area contributed by atoms with Crippen LogP contribution in [0.4, 0.5) is 4.39 Å². The van der Waals surface area contributed by atoms with E-state index in [9.17, 15) is 4.39 Å². The lowest BCUT2D eigenvalue weighted by Crippen LogP contribution is -2.32. The van der Waals surface area contributed by atoms with Crippen molar-refractivity contribution in [1.82, 2.24) is 5.32 Å². The van der Waals surface area contributed by atoms with Gasteiger partial charge in [-0.05, 0) is 31.0 Å². The molecule has 1 N–H and O–H groups in total. The van der Waals surface area contributed by atoms with Gasteiger partial charge in [0.1, 0.15) is 5.82 Å². The largest absolute Gasteiger partial charge is 0.313 e. The van der Waals surface area contributed by atoms with Crippen molar-refractivity contribution in [3.05, 3.63) is 30.1 Å². The molecule has 1 aromatic rings. The number of benzene rings is 1. The van der Waals surface area contributed by atoms with E-state index in [1.165, 1.54) is 38.2 Å². The zero-order valence-corrected chi connectivity index (χ0v) is 10.9. The van der Waals surface area contributed by atoms with E-state index in [0.29, 0.717) is 0 Å². The van der Waals surface area contributed by atoms with Gasteiger partial charge in [-0.15, -0.1) is 11.8 Å². The molecule has 0 saturated heterocycles. The molecule has 0 bridgehead atoms. The van der Waals surface area contributed by atoms with Gasteiger partial charge in [-0.2, -0.15) is 0 Å². The molecule has 0 atom stereocenters. The summed E-state index contributed by atoms with van der Waals surface area (Å²) in [6.45, 7) is 1.02. The summed E-state index contributed by atoms with van der Waals surface area (Å²) in [5.41, 5.74) is 0. The van der Waals surface area contributed by atoms with Crippen molar-refractivity contribution in [2.24, 2.45) is 0 Å². The van der Waals surface area contributed by atoms with Crippen LogP contribution < -0.4 is 5.32 Å². The van der Waals surface area contributed by atoms with Gasteiger partial charge in [0.25, 0.3) is 0 Å². The van der Waals surface area contributed by atoms with Gasteiger partial charge in [0.05, 0.1) is 0 Å². The molecule has 2 rings (SSSR count). The predicted molar refractivity (Wildman–Crippen MR) is 72.0 cm³/mol. The van der Waals surface area contributed by atoms with E-state index in [1.807, 2.05) is 6.07 Å². The number of thioether (sulfide) groups is 1. The average Bonchev–Trinajstić information content (AvgIpc) is 2.36. The summed E-state index contributed by atoms with van der Waals surface area (Å²) in [4.78, 5) is 1.02. The molecule has 0 spiro atoms. The van der Waals surface area contributed by atoms with Gasteiger partial charge in [-0.25, -0.2) is 4.39 Å². The molecule has 1 fully saturated rings.